The number of aliphatic hydroxyl groups is 1. The van der Waals surface area contributed by atoms with E-state index >= 15 is 0 Å². The van der Waals surface area contributed by atoms with Crippen molar-refractivity contribution in [1.29, 1.82) is 0 Å². The molecule has 8 nitrogen and oxygen atoms in total. The number of hydrogen-bond acceptors (Lipinski definition) is 6. The van der Waals surface area contributed by atoms with Crippen molar-refractivity contribution >= 4 is 28.3 Å². The summed E-state index contributed by atoms with van der Waals surface area (Å²) in [6.45, 7) is 6.20. The Labute approximate surface area is 208 Å². The van der Waals surface area contributed by atoms with Gasteiger partial charge in [0.25, 0.3) is 5.56 Å². The molecular weight excluding hydrogens is 466 g/mol. The summed E-state index contributed by atoms with van der Waals surface area (Å²) in [5, 5.41) is 16.7. The lowest BCUT2D eigenvalue weighted by Crippen LogP contribution is -2.47. The molecule has 2 atom stereocenters. The van der Waals surface area contributed by atoms with Crippen LogP contribution in [0.4, 0.5) is 5.69 Å². The smallest absolute Gasteiger partial charge is 0.261 e. The number of morpholine rings is 1. The highest BCUT2D eigenvalue weighted by atomic mass is 35.5. The summed E-state index contributed by atoms with van der Waals surface area (Å²) in [6, 6.07) is 14.9. The minimum Gasteiger partial charge on any atom is -0.387 e. The SMILES string of the molecule is Cc1cccc2c1nc(-c1c(NC[C@@H](O)c3cccc(Cl)c3)cc[nH]c1=O)n2N1CCO[C@H](C)C1. The molecule has 0 aliphatic carbocycles. The van der Waals surface area contributed by atoms with Crippen LogP contribution in [0.25, 0.3) is 22.4 Å². The third-order valence-electron chi connectivity index (χ3n) is 6.27. The summed E-state index contributed by atoms with van der Waals surface area (Å²) in [5.41, 5.74) is 4.24. The Morgan fingerprint density at radius 2 is 2.11 bits per heavy atom. The first-order chi connectivity index (χ1) is 16.9. The van der Waals surface area contributed by atoms with E-state index in [-0.39, 0.29) is 18.2 Å². The number of aliphatic hydroxyl groups excluding tert-OH is 1. The molecule has 4 aromatic rings. The summed E-state index contributed by atoms with van der Waals surface area (Å²) in [6.07, 6.45) is 0.843. The van der Waals surface area contributed by atoms with Crippen LogP contribution >= 0.6 is 11.6 Å². The van der Waals surface area contributed by atoms with Crippen molar-refractivity contribution < 1.29 is 9.84 Å². The van der Waals surface area contributed by atoms with Crippen LogP contribution in [-0.2, 0) is 4.74 Å². The van der Waals surface area contributed by atoms with Crippen LogP contribution in [0, 0.1) is 6.92 Å². The topological polar surface area (TPSA) is 95.4 Å². The number of ether oxygens (including phenoxy) is 1. The number of fused-ring (bicyclic) bond motifs is 1. The number of nitrogens with zero attached hydrogens (tertiary/aromatic N) is 3. The van der Waals surface area contributed by atoms with E-state index in [1.165, 1.54) is 0 Å². The zero-order valence-electron chi connectivity index (χ0n) is 19.7. The van der Waals surface area contributed by atoms with E-state index in [0.29, 0.717) is 47.4 Å². The molecular formula is C26H28ClN5O3. The highest BCUT2D eigenvalue weighted by Crippen LogP contribution is 2.30. The molecule has 1 fully saturated rings. The van der Waals surface area contributed by atoms with E-state index in [9.17, 15) is 9.90 Å². The van der Waals surface area contributed by atoms with Gasteiger partial charge in [-0.2, -0.15) is 0 Å². The maximum atomic E-state index is 13.2. The zero-order valence-corrected chi connectivity index (χ0v) is 20.4. The Morgan fingerprint density at radius 3 is 2.91 bits per heavy atom. The summed E-state index contributed by atoms with van der Waals surface area (Å²) >= 11 is 6.08. The summed E-state index contributed by atoms with van der Waals surface area (Å²) in [5.74, 6) is 0.546. The molecule has 0 radical (unpaired) electrons. The fraction of sp³-hybridized carbons (Fsp3) is 0.308. The maximum Gasteiger partial charge on any atom is 0.261 e. The number of benzene rings is 2. The highest BCUT2D eigenvalue weighted by Gasteiger charge is 2.26. The predicted molar refractivity (Wildman–Crippen MR) is 139 cm³/mol. The van der Waals surface area contributed by atoms with Crippen molar-refractivity contribution in [3.05, 3.63) is 81.2 Å². The molecule has 1 aliphatic rings. The number of imidazole rings is 1. The molecule has 0 amide bonds. The molecule has 1 saturated heterocycles. The number of aromatic amines is 1. The summed E-state index contributed by atoms with van der Waals surface area (Å²) < 4.78 is 7.79. The minimum absolute atomic E-state index is 0.0540. The maximum absolute atomic E-state index is 13.2. The van der Waals surface area contributed by atoms with Gasteiger partial charge in [0.05, 0.1) is 48.6 Å². The van der Waals surface area contributed by atoms with Gasteiger partial charge < -0.3 is 25.2 Å². The van der Waals surface area contributed by atoms with Crippen molar-refractivity contribution in [3.63, 3.8) is 0 Å². The second-order valence-corrected chi connectivity index (χ2v) is 9.27. The second kappa shape index (κ2) is 9.73. The number of hydrogen-bond donors (Lipinski definition) is 3. The zero-order chi connectivity index (χ0) is 24.5. The molecule has 2 aromatic carbocycles. The molecule has 0 saturated carbocycles. The Bertz CT molecular complexity index is 1420. The summed E-state index contributed by atoms with van der Waals surface area (Å²) in [4.78, 5) is 20.9. The fourth-order valence-electron chi connectivity index (χ4n) is 4.54. The normalized spacial score (nSPS) is 17.0. The molecule has 5 rings (SSSR count). The van der Waals surface area contributed by atoms with Gasteiger partial charge in [-0.15, -0.1) is 0 Å². The van der Waals surface area contributed by atoms with Crippen LogP contribution in [0.5, 0.6) is 0 Å². The number of halogens is 1. The molecule has 3 N–H and O–H groups in total. The number of H-pyrrole nitrogens is 1. The molecule has 35 heavy (non-hydrogen) atoms. The van der Waals surface area contributed by atoms with Crippen molar-refractivity contribution in [1.82, 2.24) is 14.6 Å². The molecule has 1 aliphatic heterocycles. The lowest BCUT2D eigenvalue weighted by atomic mass is 10.1. The minimum atomic E-state index is -0.804. The van der Waals surface area contributed by atoms with Gasteiger partial charge in [0.2, 0.25) is 0 Å². The van der Waals surface area contributed by atoms with Gasteiger partial charge in [-0.3, -0.25) is 4.79 Å². The van der Waals surface area contributed by atoms with Crippen LogP contribution in [0.2, 0.25) is 5.02 Å². The fourth-order valence-corrected chi connectivity index (χ4v) is 4.74. The standard InChI is InChI=1S/C26H28ClN5O3/c1-16-5-3-8-21-24(16)30-25(32(21)31-11-12-35-17(2)15-31)23-20(9-10-28-26(23)34)29-14-22(33)18-6-4-7-19(27)13-18/h3-10,13,17,22,33H,11-12,14-15H2,1-2H3,(H2,28,29,34)/t17-,22-/m1/s1. The highest BCUT2D eigenvalue weighted by molar-refractivity contribution is 6.30. The first-order valence-corrected chi connectivity index (χ1v) is 12.0. The number of para-hydroxylation sites is 1. The number of aryl methyl sites for hydroxylation is 1. The average Bonchev–Trinajstić information content (AvgIpc) is 3.23. The number of rotatable bonds is 6. The quantitative estimate of drug-likeness (QED) is 0.377. The average molecular weight is 494 g/mol. The van der Waals surface area contributed by atoms with Crippen molar-refractivity contribution in [2.45, 2.75) is 26.1 Å². The van der Waals surface area contributed by atoms with Gasteiger partial charge in [-0.25, -0.2) is 9.66 Å². The molecule has 0 spiro atoms. The molecule has 9 heteroatoms. The van der Waals surface area contributed by atoms with Crippen molar-refractivity contribution in [3.8, 4) is 11.4 Å². The Hall–Kier alpha value is -3.33. The van der Waals surface area contributed by atoms with Gasteiger partial charge in [0.15, 0.2) is 5.82 Å². The first-order valence-electron chi connectivity index (χ1n) is 11.7. The lowest BCUT2D eigenvalue weighted by Gasteiger charge is -2.34. The second-order valence-electron chi connectivity index (χ2n) is 8.83. The third kappa shape index (κ3) is 4.65. The van der Waals surface area contributed by atoms with Gasteiger partial charge in [0.1, 0.15) is 5.56 Å². The van der Waals surface area contributed by atoms with Crippen molar-refractivity contribution in [2.24, 2.45) is 0 Å². The van der Waals surface area contributed by atoms with Gasteiger partial charge in [0, 0.05) is 17.8 Å². The van der Waals surface area contributed by atoms with E-state index in [0.717, 1.165) is 16.6 Å². The van der Waals surface area contributed by atoms with Crippen LogP contribution in [0.15, 0.2) is 59.5 Å². The number of anilines is 1. The molecule has 3 heterocycles. The van der Waals surface area contributed by atoms with E-state index in [1.807, 2.05) is 42.8 Å². The van der Waals surface area contributed by atoms with Crippen molar-refractivity contribution in [2.75, 3.05) is 36.6 Å². The van der Waals surface area contributed by atoms with Crippen LogP contribution < -0.4 is 15.9 Å². The number of pyridine rings is 1. The Balaban J connectivity index is 1.58. The third-order valence-corrected chi connectivity index (χ3v) is 6.50. The van der Waals surface area contributed by atoms with E-state index in [1.54, 1.807) is 30.5 Å². The van der Waals surface area contributed by atoms with Crippen LogP contribution in [-0.4, -0.2) is 52.1 Å². The van der Waals surface area contributed by atoms with Crippen LogP contribution in [0.1, 0.15) is 24.2 Å². The molecule has 0 bridgehead atoms. The number of aromatic nitrogens is 3. The van der Waals surface area contributed by atoms with Crippen LogP contribution in [0.3, 0.4) is 0 Å². The number of nitrogens with one attached hydrogen (secondary N) is 2. The molecule has 2 aromatic heterocycles. The Kier molecular flexibility index (Phi) is 6.51. The largest absolute Gasteiger partial charge is 0.387 e. The molecule has 0 unspecified atom stereocenters. The molecule has 182 valence electrons. The van der Waals surface area contributed by atoms with E-state index in [2.05, 4.69) is 15.3 Å². The lowest BCUT2D eigenvalue weighted by molar-refractivity contribution is 0.0445. The first kappa shape index (κ1) is 23.4. The van der Waals surface area contributed by atoms with Gasteiger partial charge in [-0.05, 0) is 49.2 Å². The monoisotopic (exact) mass is 493 g/mol. The summed E-state index contributed by atoms with van der Waals surface area (Å²) in [7, 11) is 0. The van der Waals surface area contributed by atoms with Gasteiger partial charge >= 0.3 is 0 Å². The predicted octanol–water partition coefficient (Wildman–Crippen LogP) is 3.86. The Morgan fingerprint density at radius 1 is 1.29 bits per heavy atom. The van der Waals surface area contributed by atoms with E-state index < -0.39 is 6.10 Å². The van der Waals surface area contributed by atoms with E-state index in [4.69, 9.17) is 21.3 Å². The van der Waals surface area contributed by atoms with Gasteiger partial charge in [-0.1, -0.05) is 35.9 Å².